The van der Waals surface area contributed by atoms with Crippen LogP contribution in [0.1, 0.15) is 62.6 Å². The van der Waals surface area contributed by atoms with Gasteiger partial charge in [-0.1, -0.05) is 51.6 Å². The molecule has 0 spiro atoms. The molecule has 0 aliphatic rings. The van der Waals surface area contributed by atoms with Crippen molar-refractivity contribution in [3.8, 4) is 0 Å². The molecule has 1 atom stereocenters. The maximum atomic E-state index is 12.8. The molecule has 130 valence electrons. The maximum Gasteiger partial charge on any atom is 0.273 e. The van der Waals surface area contributed by atoms with Crippen LogP contribution in [0.3, 0.4) is 0 Å². The van der Waals surface area contributed by atoms with E-state index in [1.807, 2.05) is 0 Å². The van der Waals surface area contributed by atoms with Gasteiger partial charge in [-0.25, -0.2) is 0 Å². The van der Waals surface area contributed by atoms with Crippen molar-refractivity contribution in [2.75, 3.05) is 0 Å². The predicted molar refractivity (Wildman–Crippen MR) is 94.5 cm³/mol. The van der Waals surface area contributed by atoms with Gasteiger partial charge >= 0.3 is 0 Å². The first-order valence-electron chi connectivity index (χ1n) is 11.9. The van der Waals surface area contributed by atoms with Crippen molar-refractivity contribution in [1.82, 2.24) is 15.1 Å². The summed E-state index contributed by atoms with van der Waals surface area (Å²) < 4.78 is 70.8. The molecule has 0 aliphatic heterocycles. The number of nitrogens with zero attached hydrogens (tertiary/aromatic N) is 2. The van der Waals surface area contributed by atoms with Gasteiger partial charge in [-0.15, -0.1) is 0 Å². The molecule has 0 saturated carbocycles. The summed E-state index contributed by atoms with van der Waals surface area (Å²) in [6, 6.07) is 5.20. The van der Waals surface area contributed by atoms with Crippen molar-refractivity contribution >= 4 is 22.7 Å². The average Bonchev–Trinajstić information content (AvgIpc) is 3.02. The lowest BCUT2D eigenvalue weighted by Crippen LogP contribution is -2.47. The Morgan fingerprint density at radius 2 is 2.12 bits per heavy atom. The molecule has 0 saturated heterocycles. The van der Waals surface area contributed by atoms with Crippen LogP contribution in [0.2, 0.25) is 0 Å². The molecule has 3 N–H and O–H groups in total. The number of nitrogens with two attached hydrogens (primary N) is 1. The highest BCUT2D eigenvalue weighted by atomic mass is 16.2. The first-order valence-corrected chi connectivity index (χ1v) is 7.41. The van der Waals surface area contributed by atoms with E-state index in [-0.39, 0.29) is 22.5 Å². The third-order valence-electron chi connectivity index (χ3n) is 3.51. The number of amides is 2. The number of nitrogens with one attached hydrogen (secondary N) is 1. The Hall–Kier alpha value is -2.37. The molecule has 2 amide bonds. The predicted octanol–water partition coefficient (Wildman–Crippen LogP) is 2.47. The van der Waals surface area contributed by atoms with E-state index >= 15 is 0 Å². The first-order chi connectivity index (χ1) is 14.8. The molecule has 2 aromatic rings. The molecule has 1 aromatic heterocycles. The Labute approximate surface area is 155 Å². The highest BCUT2D eigenvalue weighted by molar-refractivity contribution is 6.06. The molecule has 1 heterocycles. The second-order valence-corrected chi connectivity index (χ2v) is 5.55. The van der Waals surface area contributed by atoms with Crippen LogP contribution in [0.15, 0.2) is 24.3 Å². The molecule has 2 rings (SSSR count). The molecule has 24 heavy (non-hydrogen) atoms. The second-order valence-electron chi connectivity index (χ2n) is 5.55. The zero-order valence-electron chi connectivity index (χ0n) is 22.5. The average molecular weight is 339 g/mol. The number of rotatable bonds is 8. The van der Waals surface area contributed by atoms with Gasteiger partial charge in [-0.2, -0.15) is 5.10 Å². The van der Waals surface area contributed by atoms with Gasteiger partial charge in [0.15, 0.2) is 5.69 Å². The number of aromatic nitrogens is 2. The number of benzene rings is 1. The van der Waals surface area contributed by atoms with Crippen LogP contribution in [0, 0.1) is 5.92 Å². The summed E-state index contributed by atoms with van der Waals surface area (Å²) in [6.45, 7) is -0.946. The topological polar surface area (TPSA) is 90.0 Å². The fraction of sp³-hybridized carbons (Fsp3) is 0.500. The Balaban J connectivity index is 2.51. The smallest absolute Gasteiger partial charge is 0.273 e. The van der Waals surface area contributed by atoms with Gasteiger partial charge in [0.25, 0.3) is 5.91 Å². The van der Waals surface area contributed by atoms with Crippen LogP contribution >= 0.6 is 0 Å². The fourth-order valence-electron chi connectivity index (χ4n) is 2.35. The molecule has 6 heteroatoms. The van der Waals surface area contributed by atoms with Gasteiger partial charge in [0.05, 0.1) is 5.52 Å². The standard InChI is InChI=1S/C18H26N4O2/c1-4-5-8-11-22-14-10-7-6-9-13(14)16(21-22)18(24)20-15(12(2)3)17(19)23/h6-7,9-10,12,15H,4-5,8,11H2,1-3H3,(H2,19,23)(H,20,24)/t15-/m0/s1/i1D3,4D2,5D2,8D2. The van der Waals surface area contributed by atoms with Gasteiger partial charge in [0.2, 0.25) is 5.91 Å². The van der Waals surface area contributed by atoms with Crippen LogP contribution in [0.5, 0.6) is 0 Å². The van der Waals surface area contributed by atoms with E-state index in [2.05, 4.69) is 10.4 Å². The number of carbonyl (C=O) groups is 2. The molecule has 0 aliphatic carbocycles. The SMILES string of the molecule is [2H]C([2H])([2H])C([2H])([2H])C([2H])([2H])C([2H])([2H])Cn1nc(C(=O)N[C@H](C(N)=O)C(C)C)c2ccccc21. The molecule has 6 nitrogen and oxygen atoms in total. The van der Waals surface area contributed by atoms with Gasteiger partial charge in [-0.3, -0.25) is 14.3 Å². The number of fused-ring (bicyclic) bond motifs is 1. The lowest BCUT2D eigenvalue weighted by molar-refractivity contribution is -0.120. The number of aryl methyl sites for hydroxylation is 1. The van der Waals surface area contributed by atoms with Gasteiger partial charge in [0.1, 0.15) is 6.04 Å². The fourth-order valence-corrected chi connectivity index (χ4v) is 2.35. The lowest BCUT2D eigenvalue weighted by Gasteiger charge is -2.18. The normalized spacial score (nSPS) is 20.4. The third-order valence-corrected chi connectivity index (χ3v) is 3.51. The summed E-state index contributed by atoms with van der Waals surface area (Å²) in [5.74, 6) is -1.83. The summed E-state index contributed by atoms with van der Waals surface area (Å²) >= 11 is 0. The summed E-state index contributed by atoms with van der Waals surface area (Å²) in [4.78, 5) is 24.5. The summed E-state index contributed by atoms with van der Waals surface area (Å²) in [5.41, 5.74) is 5.40. The minimum absolute atomic E-state index is 0.173. The van der Waals surface area contributed by atoms with Crippen LogP contribution in [-0.2, 0) is 11.3 Å². The largest absolute Gasteiger partial charge is 0.368 e. The zero-order valence-corrected chi connectivity index (χ0v) is 13.5. The third kappa shape index (κ3) is 3.93. The molecule has 0 fully saturated rings. The van der Waals surface area contributed by atoms with E-state index in [0.717, 1.165) is 4.68 Å². The summed E-state index contributed by atoms with van der Waals surface area (Å²) in [5, 5.41) is 6.85. The van der Waals surface area contributed by atoms with E-state index in [4.69, 9.17) is 18.1 Å². The Kier molecular flexibility index (Phi) is 3.05. The van der Waals surface area contributed by atoms with E-state index in [9.17, 15) is 9.59 Å². The number of carbonyl (C=O) groups excluding carboxylic acids is 2. The van der Waals surface area contributed by atoms with Gasteiger partial charge in [-0.05, 0) is 18.4 Å². The molecular weight excluding hydrogens is 304 g/mol. The lowest BCUT2D eigenvalue weighted by atomic mass is 10.0. The monoisotopic (exact) mass is 339 g/mol. The van der Waals surface area contributed by atoms with E-state index in [1.54, 1.807) is 26.0 Å². The molecular formula is C18H26N4O2. The van der Waals surface area contributed by atoms with E-state index in [1.165, 1.54) is 12.1 Å². The minimum Gasteiger partial charge on any atom is -0.368 e. The van der Waals surface area contributed by atoms with Crippen LogP contribution < -0.4 is 11.1 Å². The van der Waals surface area contributed by atoms with Crippen molar-refractivity contribution in [2.45, 2.75) is 52.4 Å². The van der Waals surface area contributed by atoms with E-state index < -0.39 is 50.4 Å². The van der Waals surface area contributed by atoms with Crippen molar-refractivity contribution < 1.29 is 21.9 Å². The molecule has 1 aromatic carbocycles. The first kappa shape index (κ1) is 9.20. The maximum absolute atomic E-state index is 12.8. The summed E-state index contributed by atoms with van der Waals surface area (Å²) in [7, 11) is 0. The highest BCUT2D eigenvalue weighted by Gasteiger charge is 2.25. The quantitative estimate of drug-likeness (QED) is 0.774. The van der Waals surface area contributed by atoms with Gasteiger partial charge < -0.3 is 11.1 Å². The number of primary amides is 1. The Morgan fingerprint density at radius 1 is 1.38 bits per heavy atom. The number of hydrogen-bond acceptors (Lipinski definition) is 3. The van der Waals surface area contributed by atoms with Crippen molar-refractivity contribution in [1.29, 1.82) is 0 Å². The Bertz CT molecular complexity index is 1050. The second kappa shape index (κ2) is 7.95. The van der Waals surface area contributed by atoms with Crippen LogP contribution in [0.25, 0.3) is 10.9 Å². The van der Waals surface area contributed by atoms with E-state index in [0.29, 0.717) is 0 Å². The highest BCUT2D eigenvalue weighted by Crippen LogP contribution is 2.19. The van der Waals surface area contributed by atoms with Crippen molar-refractivity contribution in [3.63, 3.8) is 0 Å². The number of para-hydroxylation sites is 1. The van der Waals surface area contributed by atoms with Gasteiger partial charge in [0, 0.05) is 24.3 Å². The summed E-state index contributed by atoms with van der Waals surface area (Å²) in [6.07, 6.45) is -10.0. The van der Waals surface area contributed by atoms with Crippen molar-refractivity contribution in [3.05, 3.63) is 30.0 Å². The minimum atomic E-state index is -3.52. The van der Waals surface area contributed by atoms with Crippen molar-refractivity contribution in [2.24, 2.45) is 11.7 Å². The number of hydrogen-bond donors (Lipinski definition) is 2. The molecule has 0 unspecified atom stereocenters. The Morgan fingerprint density at radius 3 is 2.79 bits per heavy atom. The molecule has 0 radical (unpaired) electrons. The van der Waals surface area contributed by atoms with Crippen LogP contribution in [0.4, 0.5) is 0 Å². The zero-order chi connectivity index (χ0) is 25.6. The molecule has 0 bridgehead atoms. The van der Waals surface area contributed by atoms with Crippen LogP contribution in [-0.4, -0.2) is 27.6 Å².